The average molecular weight is 115 g/mol. The van der Waals surface area contributed by atoms with Gasteiger partial charge in [0, 0.05) is 0 Å². The van der Waals surface area contributed by atoms with Crippen molar-refractivity contribution < 1.29 is 5.11 Å². The van der Waals surface area contributed by atoms with Crippen molar-refractivity contribution in [3.8, 4) is 0 Å². The number of aliphatic hydroxyl groups excluding tert-OH is 1. The fourth-order valence-electron chi connectivity index (χ4n) is 1.26. The van der Waals surface area contributed by atoms with Crippen LogP contribution in [0.5, 0.6) is 0 Å². The van der Waals surface area contributed by atoms with Gasteiger partial charge < -0.3 is 10.8 Å². The van der Waals surface area contributed by atoms with E-state index >= 15 is 0 Å². The molecule has 2 heteroatoms. The van der Waals surface area contributed by atoms with Gasteiger partial charge in [0.1, 0.15) is 0 Å². The fraction of sp³-hybridized carbons (Fsp3) is 1.00. The van der Waals surface area contributed by atoms with E-state index in [0.717, 1.165) is 25.8 Å². The Kier molecular flexibility index (Phi) is 1.86. The van der Waals surface area contributed by atoms with Crippen LogP contribution >= 0.6 is 0 Å². The molecule has 1 saturated carbocycles. The van der Waals surface area contributed by atoms with Crippen LogP contribution in [0.3, 0.4) is 0 Å². The Morgan fingerprint density at radius 2 is 2.25 bits per heavy atom. The van der Waals surface area contributed by atoms with Gasteiger partial charge in [0.05, 0.1) is 6.10 Å². The van der Waals surface area contributed by atoms with E-state index in [1.165, 1.54) is 0 Å². The molecule has 1 aliphatic rings. The summed E-state index contributed by atoms with van der Waals surface area (Å²) in [5.41, 5.74) is 5.38. The summed E-state index contributed by atoms with van der Waals surface area (Å²) in [6, 6.07) is 0. The van der Waals surface area contributed by atoms with Crippen molar-refractivity contribution in [3.63, 3.8) is 0 Å². The second-order valence-corrected chi connectivity index (χ2v) is 2.57. The van der Waals surface area contributed by atoms with Gasteiger partial charge in [0.15, 0.2) is 0 Å². The Balaban J connectivity index is 2.22. The molecule has 8 heavy (non-hydrogen) atoms. The standard InChI is InChI=1S/C6H13NO/c7-4-5-1-2-6(8)3-5/h5-6,8H,1-4,7H2/t5-,6+/m1/s1. The zero-order valence-electron chi connectivity index (χ0n) is 5.01. The van der Waals surface area contributed by atoms with E-state index in [2.05, 4.69) is 0 Å². The third-order valence-electron chi connectivity index (χ3n) is 1.85. The van der Waals surface area contributed by atoms with E-state index in [9.17, 15) is 0 Å². The van der Waals surface area contributed by atoms with Crippen molar-refractivity contribution in [3.05, 3.63) is 0 Å². The van der Waals surface area contributed by atoms with Crippen LogP contribution in [-0.4, -0.2) is 17.8 Å². The highest BCUT2D eigenvalue weighted by Gasteiger charge is 2.20. The van der Waals surface area contributed by atoms with Crippen molar-refractivity contribution in [1.82, 2.24) is 0 Å². The molecule has 0 spiro atoms. The van der Waals surface area contributed by atoms with E-state index in [1.54, 1.807) is 0 Å². The van der Waals surface area contributed by atoms with E-state index < -0.39 is 0 Å². The first-order valence-corrected chi connectivity index (χ1v) is 3.21. The molecule has 0 aromatic carbocycles. The van der Waals surface area contributed by atoms with Crippen LogP contribution in [-0.2, 0) is 0 Å². The fourth-order valence-corrected chi connectivity index (χ4v) is 1.26. The maximum atomic E-state index is 8.98. The molecule has 1 aliphatic carbocycles. The normalized spacial score (nSPS) is 38.2. The molecule has 48 valence electrons. The van der Waals surface area contributed by atoms with Gasteiger partial charge in [-0.15, -0.1) is 0 Å². The Morgan fingerprint density at radius 3 is 2.50 bits per heavy atom. The van der Waals surface area contributed by atoms with Crippen molar-refractivity contribution in [1.29, 1.82) is 0 Å². The molecule has 0 aromatic rings. The van der Waals surface area contributed by atoms with Crippen LogP contribution in [0.1, 0.15) is 19.3 Å². The van der Waals surface area contributed by atoms with E-state index in [4.69, 9.17) is 10.8 Å². The highest BCUT2D eigenvalue weighted by molar-refractivity contribution is 4.74. The number of hydrogen-bond acceptors (Lipinski definition) is 2. The minimum Gasteiger partial charge on any atom is -0.393 e. The Hall–Kier alpha value is -0.0800. The average Bonchev–Trinajstić information content (AvgIpc) is 2.14. The van der Waals surface area contributed by atoms with Crippen LogP contribution in [0.15, 0.2) is 0 Å². The molecule has 0 radical (unpaired) electrons. The largest absolute Gasteiger partial charge is 0.393 e. The summed E-state index contributed by atoms with van der Waals surface area (Å²) in [5, 5.41) is 8.98. The number of rotatable bonds is 1. The minimum absolute atomic E-state index is 0.0523. The SMILES string of the molecule is NC[C@@H]1CC[C@H](O)C1. The molecule has 1 rings (SSSR count). The zero-order valence-corrected chi connectivity index (χ0v) is 5.01. The molecular formula is C6H13NO. The molecule has 2 nitrogen and oxygen atoms in total. The number of hydrogen-bond donors (Lipinski definition) is 2. The van der Waals surface area contributed by atoms with E-state index in [1.807, 2.05) is 0 Å². The Morgan fingerprint density at radius 1 is 1.50 bits per heavy atom. The zero-order chi connectivity index (χ0) is 5.98. The lowest BCUT2D eigenvalue weighted by Crippen LogP contribution is -2.11. The molecule has 0 amide bonds. The molecule has 2 atom stereocenters. The van der Waals surface area contributed by atoms with Gasteiger partial charge in [0.25, 0.3) is 0 Å². The topological polar surface area (TPSA) is 46.2 Å². The van der Waals surface area contributed by atoms with Crippen LogP contribution in [0, 0.1) is 5.92 Å². The second kappa shape index (κ2) is 2.46. The molecule has 1 fully saturated rings. The van der Waals surface area contributed by atoms with Crippen molar-refractivity contribution in [2.24, 2.45) is 11.7 Å². The lowest BCUT2D eigenvalue weighted by molar-refractivity contribution is 0.178. The molecule has 0 heterocycles. The van der Waals surface area contributed by atoms with E-state index in [0.29, 0.717) is 5.92 Å². The second-order valence-electron chi connectivity index (χ2n) is 2.57. The first-order valence-electron chi connectivity index (χ1n) is 3.21. The van der Waals surface area contributed by atoms with Crippen molar-refractivity contribution >= 4 is 0 Å². The van der Waals surface area contributed by atoms with Gasteiger partial charge in [-0.25, -0.2) is 0 Å². The minimum atomic E-state index is -0.0523. The van der Waals surface area contributed by atoms with Crippen LogP contribution in [0.4, 0.5) is 0 Å². The Labute approximate surface area is 49.7 Å². The summed E-state index contributed by atoms with van der Waals surface area (Å²) < 4.78 is 0. The molecule has 0 bridgehead atoms. The third-order valence-corrected chi connectivity index (χ3v) is 1.85. The maximum Gasteiger partial charge on any atom is 0.0543 e. The number of nitrogens with two attached hydrogens (primary N) is 1. The molecule has 0 aromatic heterocycles. The third kappa shape index (κ3) is 1.20. The lowest BCUT2D eigenvalue weighted by Gasteiger charge is -2.01. The maximum absolute atomic E-state index is 8.98. The predicted octanol–water partition coefficient (Wildman–Crippen LogP) is 0.106. The smallest absolute Gasteiger partial charge is 0.0543 e. The lowest BCUT2D eigenvalue weighted by atomic mass is 10.1. The summed E-state index contributed by atoms with van der Waals surface area (Å²) in [6.45, 7) is 0.747. The molecule has 0 saturated heterocycles. The quantitative estimate of drug-likeness (QED) is 0.509. The summed E-state index contributed by atoms with van der Waals surface area (Å²) >= 11 is 0. The monoisotopic (exact) mass is 115 g/mol. The van der Waals surface area contributed by atoms with Gasteiger partial charge >= 0.3 is 0 Å². The summed E-state index contributed by atoms with van der Waals surface area (Å²) in [4.78, 5) is 0. The van der Waals surface area contributed by atoms with E-state index in [-0.39, 0.29) is 6.10 Å². The van der Waals surface area contributed by atoms with Crippen LogP contribution < -0.4 is 5.73 Å². The highest BCUT2D eigenvalue weighted by Crippen LogP contribution is 2.23. The molecule has 3 N–H and O–H groups in total. The van der Waals surface area contributed by atoms with Gasteiger partial charge in [-0.3, -0.25) is 0 Å². The van der Waals surface area contributed by atoms with Gasteiger partial charge in [-0.1, -0.05) is 0 Å². The summed E-state index contributed by atoms with van der Waals surface area (Å²) in [5.74, 6) is 0.602. The Bertz CT molecular complexity index is 74.9. The summed E-state index contributed by atoms with van der Waals surface area (Å²) in [7, 11) is 0. The summed E-state index contributed by atoms with van der Waals surface area (Å²) in [6.07, 6.45) is 2.96. The van der Waals surface area contributed by atoms with Crippen molar-refractivity contribution in [2.75, 3.05) is 6.54 Å². The van der Waals surface area contributed by atoms with Crippen LogP contribution in [0.25, 0.3) is 0 Å². The molecular weight excluding hydrogens is 102 g/mol. The molecule has 0 unspecified atom stereocenters. The number of aliphatic hydroxyl groups is 1. The van der Waals surface area contributed by atoms with Crippen LogP contribution in [0.2, 0.25) is 0 Å². The van der Waals surface area contributed by atoms with Gasteiger partial charge in [0.2, 0.25) is 0 Å². The predicted molar refractivity (Wildman–Crippen MR) is 32.4 cm³/mol. The van der Waals surface area contributed by atoms with Gasteiger partial charge in [-0.2, -0.15) is 0 Å². The first kappa shape index (κ1) is 6.05. The highest BCUT2D eigenvalue weighted by atomic mass is 16.3. The molecule has 0 aliphatic heterocycles. The van der Waals surface area contributed by atoms with Gasteiger partial charge in [-0.05, 0) is 31.7 Å². The first-order chi connectivity index (χ1) is 3.83. The van der Waals surface area contributed by atoms with Crippen molar-refractivity contribution in [2.45, 2.75) is 25.4 Å².